The third-order valence-corrected chi connectivity index (χ3v) is 2.24. The van der Waals surface area contributed by atoms with Gasteiger partial charge in [0.25, 0.3) is 0 Å². The van der Waals surface area contributed by atoms with Crippen molar-refractivity contribution >= 4 is 11.9 Å². The largest absolute Gasteiger partial charge is 0.462 e. The van der Waals surface area contributed by atoms with Crippen molar-refractivity contribution in [2.75, 3.05) is 26.3 Å². The predicted molar refractivity (Wildman–Crippen MR) is 67.9 cm³/mol. The number of esters is 2. The summed E-state index contributed by atoms with van der Waals surface area (Å²) >= 11 is 0. The number of hydrogen-bond acceptors (Lipinski definition) is 4. The first-order chi connectivity index (χ1) is 8.57. The molecule has 0 aromatic carbocycles. The Morgan fingerprint density at radius 3 is 2.44 bits per heavy atom. The summed E-state index contributed by atoms with van der Waals surface area (Å²) in [4.78, 5) is 22.2. The molecule has 0 aliphatic carbocycles. The fourth-order valence-electron chi connectivity index (χ4n) is 1.20. The second-order valence-electron chi connectivity index (χ2n) is 4.11. The van der Waals surface area contributed by atoms with E-state index in [1.165, 1.54) is 0 Å². The average molecular weight is 258 g/mol. The van der Waals surface area contributed by atoms with Crippen LogP contribution in [-0.4, -0.2) is 38.2 Å². The smallest absolute Gasteiger partial charge is 0.333 e. The summed E-state index contributed by atoms with van der Waals surface area (Å²) in [6, 6.07) is 0. The van der Waals surface area contributed by atoms with Gasteiger partial charge in [-0.3, -0.25) is 4.79 Å². The van der Waals surface area contributed by atoms with Crippen molar-refractivity contribution in [1.82, 2.24) is 0 Å². The van der Waals surface area contributed by atoms with Crippen LogP contribution in [0.5, 0.6) is 0 Å². The number of nitrogens with two attached hydrogens (primary N) is 1. The maximum atomic E-state index is 11.3. The summed E-state index contributed by atoms with van der Waals surface area (Å²) in [5.41, 5.74) is 0.340. The zero-order chi connectivity index (χ0) is 13.8. The summed E-state index contributed by atoms with van der Waals surface area (Å²) in [5.74, 6) is -0.715. The van der Waals surface area contributed by atoms with Crippen LogP contribution >= 0.6 is 0 Å². The normalized spacial score (nSPS) is 9.89. The van der Waals surface area contributed by atoms with Crippen molar-refractivity contribution in [2.45, 2.75) is 33.1 Å². The Labute approximate surface area is 109 Å². The lowest BCUT2D eigenvalue weighted by molar-refractivity contribution is -0.654. The molecule has 0 amide bonds. The predicted octanol–water partition coefficient (Wildman–Crippen LogP) is 0.403. The van der Waals surface area contributed by atoms with Crippen molar-refractivity contribution in [3.63, 3.8) is 0 Å². The van der Waals surface area contributed by atoms with Crippen LogP contribution in [0.15, 0.2) is 12.2 Å². The Bertz CT molecular complexity index is 276. The van der Waals surface area contributed by atoms with Crippen molar-refractivity contribution in [1.29, 1.82) is 0 Å². The van der Waals surface area contributed by atoms with E-state index < -0.39 is 5.97 Å². The fourth-order valence-corrected chi connectivity index (χ4v) is 1.20. The summed E-state index contributed by atoms with van der Waals surface area (Å²) in [6.07, 6.45) is 2.71. The molecule has 2 N–H and O–H groups in total. The molecule has 0 fully saturated rings. The average Bonchev–Trinajstić information content (AvgIpc) is 2.34. The van der Waals surface area contributed by atoms with Crippen LogP contribution in [0.3, 0.4) is 0 Å². The molecule has 0 saturated heterocycles. The second-order valence-corrected chi connectivity index (χ2v) is 4.11. The summed E-state index contributed by atoms with van der Waals surface area (Å²) in [6.45, 7) is 9.12. The number of rotatable bonds is 10. The molecule has 0 heterocycles. The van der Waals surface area contributed by atoms with Crippen LogP contribution in [-0.2, 0) is 19.1 Å². The zero-order valence-electron chi connectivity index (χ0n) is 11.4. The topological polar surface area (TPSA) is 69.2 Å². The Morgan fingerprint density at radius 1 is 1.17 bits per heavy atom. The van der Waals surface area contributed by atoms with Gasteiger partial charge in [-0.05, 0) is 13.3 Å². The summed E-state index contributed by atoms with van der Waals surface area (Å²) in [5, 5.41) is 2.10. The summed E-state index contributed by atoms with van der Waals surface area (Å²) < 4.78 is 9.70. The molecule has 0 aliphatic heterocycles. The number of ether oxygens (including phenoxy) is 2. The standard InChI is InChI=1S/C13H23NO4/c1-4-5-7-14-8-6-12(15)17-9-10-18-13(16)11(2)3/h14H,2,4-10H2,1,3H3/p+1. The lowest BCUT2D eigenvalue weighted by atomic mass is 10.3. The minimum absolute atomic E-state index is 0.0803. The van der Waals surface area contributed by atoms with Crippen molar-refractivity contribution in [3.8, 4) is 0 Å². The monoisotopic (exact) mass is 258 g/mol. The Morgan fingerprint density at radius 2 is 1.83 bits per heavy atom. The van der Waals surface area contributed by atoms with E-state index in [0.717, 1.165) is 25.9 Å². The van der Waals surface area contributed by atoms with Gasteiger partial charge in [-0.15, -0.1) is 0 Å². The van der Waals surface area contributed by atoms with E-state index >= 15 is 0 Å². The highest BCUT2D eigenvalue weighted by Gasteiger charge is 2.06. The van der Waals surface area contributed by atoms with Gasteiger partial charge in [0.1, 0.15) is 13.2 Å². The van der Waals surface area contributed by atoms with Gasteiger partial charge in [0.15, 0.2) is 0 Å². The van der Waals surface area contributed by atoms with Crippen LogP contribution in [0.25, 0.3) is 0 Å². The van der Waals surface area contributed by atoms with E-state index in [4.69, 9.17) is 9.47 Å². The molecule has 0 spiro atoms. The summed E-state index contributed by atoms with van der Waals surface area (Å²) in [7, 11) is 0. The van der Waals surface area contributed by atoms with Gasteiger partial charge in [0.05, 0.1) is 19.5 Å². The molecule has 5 nitrogen and oxygen atoms in total. The number of carbonyl (C=O) groups is 2. The Kier molecular flexibility index (Phi) is 9.96. The third-order valence-electron chi connectivity index (χ3n) is 2.24. The molecule has 18 heavy (non-hydrogen) atoms. The third kappa shape index (κ3) is 9.84. The highest BCUT2D eigenvalue weighted by molar-refractivity contribution is 5.86. The van der Waals surface area contributed by atoms with Gasteiger partial charge >= 0.3 is 11.9 Å². The molecule has 5 heteroatoms. The van der Waals surface area contributed by atoms with Crippen molar-refractivity contribution in [2.24, 2.45) is 0 Å². The first kappa shape index (κ1) is 16.6. The molecular formula is C13H24NO4+. The lowest BCUT2D eigenvalue weighted by Gasteiger charge is -2.06. The van der Waals surface area contributed by atoms with E-state index in [1.54, 1.807) is 6.92 Å². The molecule has 104 valence electrons. The quantitative estimate of drug-likeness (QED) is 0.350. The van der Waals surface area contributed by atoms with Crippen LogP contribution in [0.2, 0.25) is 0 Å². The van der Waals surface area contributed by atoms with Gasteiger partial charge in [0.2, 0.25) is 0 Å². The number of quaternary nitrogens is 1. The minimum atomic E-state index is -0.459. The van der Waals surface area contributed by atoms with Crippen LogP contribution in [0, 0.1) is 0 Å². The number of carbonyl (C=O) groups excluding carboxylic acids is 2. The molecule has 0 bridgehead atoms. The molecule has 0 radical (unpaired) electrons. The number of unbranched alkanes of at least 4 members (excludes halogenated alkanes) is 1. The van der Waals surface area contributed by atoms with Crippen molar-refractivity contribution in [3.05, 3.63) is 12.2 Å². The lowest BCUT2D eigenvalue weighted by Crippen LogP contribution is -2.84. The Balaban J connectivity index is 3.37. The molecule has 0 aliphatic rings. The van der Waals surface area contributed by atoms with Crippen LogP contribution in [0.4, 0.5) is 0 Å². The maximum absolute atomic E-state index is 11.3. The van der Waals surface area contributed by atoms with Gasteiger partial charge in [-0.1, -0.05) is 19.9 Å². The van der Waals surface area contributed by atoms with Gasteiger partial charge in [-0.25, -0.2) is 4.79 Å². The SMILES string of the molecule is C=C(C)C(=O)OCCOC(=O)CC[NH2+]CCCC. The van der Waals surface area contributed by atoms with Crippen molar-refractivity contribution < 1.29 is 24.4 Å². The fraction of sp³-hybridized carbons (Fsp3) is 0.692. The molecule has 0 aromatic rings. The minimum Gasteiger partial charge on any atom is -0.462 e. The van der Waals surface area contributed by atoms with E-state index in [9.17, 15) is 9.59 Å². The maximum Gasteiger partial charge on any atom is 0.333 e. The first-order valence-electron chi connectivity index (χ1n) is 6.37. The van der Waals surface area contributed by atoms with Crippen LogP contribution in [0.1, 0.15) is 33.1 Å². The van der Waals surface area contributed by atoms with Gasteiger partial charge < -0.3 is 14.8 Å². The molecule has 0 rings (SSSR count). The van der Waals surface area contributed by atoms with E-state index in [-0.39, 0.29) is 19.2 Å². The van der Waals surface area contributed by atoms with E-state index in [0.29, 0.717) is 12.0 Å². The Hall–Kier alpha value is -1.36. The van der Waals surface area contributed by atoms with Gasteiger partial charge in [-0.2, -0.15) is 0 Å². The second kappa shape index (κ2) is 10.8. The molecule has 0 atom stereocenters. The van der Waals surface area contributed by atoms with Gasteiger partial charge in [0, 0.05) is 5.57 Å². The molecular weight excluding hydrogens is 234 g/mol. The van der Waals surface area contributed by atoms with E-state index in [1.807, 2.05) is 0 Å². The molecule has 0 saturated carbocycles. The molecule has 0 aromatic heterocycles. The highest BCUT2D eigenvalue weighted by atomic mass is 16.6. The highest BCUT2D eigenvalue weighted by Crippen LogP contribution is 1.92. The molecule has 0 unspecified atom stereocenters. The zero-order valence-corrected chi connectivity index (χ0v) is 11.4. The van der Waals surface area contributed by atoms with E-state index in [2.05, 4.69) is 18.8 Å². The number of hydrogen-bond donors (Lipinski definition) is 1. The van der Waals surface area contributed by atoms with Crippen LogP contribution < -0.4 is 5.32 Å². The first-order valence-corrected chi connectivity index (χ1v) is 6.37.